The van der Waals surface area contributed by atoms with Crippen molar-refractivity contribution in [2.75, 3.05) is 7.11 Å². The van der Waals surface area contributed by atoms with Gasteiger partial charge in [-0.1, -0.05) is 30.3 Å². The van der Waals surface area contributed by atoms with Crippen molar-refractivity contribution < 1.29 is 28.6 Å². The predicted octanol–water partition coefficient (Wildman–Crippen LogP) is 3.24. The molecule has 2 N–H and O–H groups in total. The molecule has 0 spiro atoms. The van der Waals surface area contributed by atoms with Crippen LogP contribution in [0.2, 0.25) is 0 Å². The fourth-order valence-corrected chi connectivity index (χ4v) is 2.77. The first-order chi connectivity index (χ1) is 13.5. The Morgan fingerprint density at radius 2 is 1.82 bits per heavy atom. The summed E-state index contributed by atoms with van der Waals surface area (Å²) in [6.45, 7) is 0. The lowest BCUT2D eigenvalue weighted by atomic mass is 10.1. The molecule has 3 rings (SSSR count). The van der Waals surface area contributed by atoms with E-state index in [1.807, 2.05) is 30.3 Å². The quantitative estimate of drug-likeness (QED) is 0.609. The number of esters is 1. The van der Waals surface area contributed by atoms with Gasteiger partial charge in [0, 0.05) is 22.9 Å². The number of carboxylic acid groups (broad SMARTS) is 1. The Kier molecular flexibility index (Phi) is 5.74. The molecule has 7 nitrogen and oxygen atoms in total. The van der Waals surface area contributed by atoms with Crippen LogP contribution in [-0.2, 0) is 14.3 Å². The summed E-state index contributed by atoms with van der Waals surface area (Å²) in [5.74, 6) is -1.60. The first-order valence-electron chi connectivity index (χ1n) is 8.67. The van der Waals surface area contributed by atoms with Gasteiger partial charge in [0.1, 0.15) is 17.4 Å². The Morgan fingerprint density at radius 3 is 2.46 bits per heavy atom. The van der Waals surface area contributed by atoms with E-state index < -0.39 is 23.9 Å². The summed E-state index contributed by atoms with van der Waals surface area (Å²) >= 11 is 0. The molecule has 0 aliphatic rings. The normalized spacial score (nSPS) is 11.8. The van der Waals surface area contributed by atoms with Crippen molar-refractivity contribution in [2.45, 2.75) is 18.9 Å². The van der Waals surface area contributed by atoms with E-state index in [1.165, 1.54) is 7.11 Å². The largest absolute Gasteiger partial charge is 0.480 e. The summed E-state index contributed by atoms with van der Waals surface area (Å²) in [4.78, 5) is 34.9. The molecule has 28 heavy (non-hydrogen) atoms. The molecule has 0 saturated heterocycles. The van der Waals surface area contributed by atoms with E-state index in [0.717, 1.165) is 16.5 Å². The highest BCUT2D eigenvalue weighted by atomic mass is 16.5. The number of hydrogen-bond donors (Lipinski definition) is 2. The minimum atomic E-state index is -1.21. The summed E-state index contributed by atoms with van der Waals surface area (Å²) in [5, 5.41) is 12.6. The molecule has 1 atom stereocenters. The molecule has 0 radical (unpaired) electrons. The van der Waals surface area contributed by atoms with Crippen LogP contribution in [0.5, 0.6) is 0 Å². The number of ether oxygens (including phenoxy) is 1. The molecule has 2 aromatic carbocycles. The lowest BCUT2D eigenvalue weighted by Gasteiger charge is -2.14. The van der Waals surface area contributed by atoms with E-state index in [-0.39, 0.29) is 12.8 Å². The van der Waals surface area contributed by atoms with Gasteiger partial charge in [0.05, 0.1) is 7.11 Å². The number of para-hydroxylation sites is 1. The second-order valence-electron chi connectivity index (χ2n) is 6.20. The highest BCUT2D eigenvalue weighted by Crippen LogP contribution is 2.27. The number of carbonyl (C=O) groups is 3. The van der Waals surface area contributed by atoms with Crippen molar-refractivity contribution in [1.82, 2.24) is 5.32 Å². The summed E-state index contributed by atoms with van der Waals surface area (Å²) in [5.41, 5.74) is 1.88. The standard InChI is InChI=1S/C21H19NO6/c1-27-19(23)11-10-16(21(25)26)22-20(24)14-8-6-13(7-9-14)18-12-15-4-2-3-5-17(15)28-18/h2-9,12,16H,10-11H2,1H3,(H,22,24)(H,25,26)/t16-/m0/s1. The number of methoxy groups -OCH3 is 1. The molecule has 1 amide bonds. The average Bonchev–Trinajstić information content (AvgIpc) is 3.14. The Bertz CT molecular complexity index is 972. The zero-order valence-corrected chi connectivity index (χ0v) is 15.2. The van der Waals surface area contributed by atoms with Crippen LogP contribution in [-0.4, -0.2) is 36.1 Å². The van der Waals surface area contributed by atoms with Gasteiger partial charge in [0.2, 0.25) is 0 Å². The summed E-state index contributed by atoms with van der Waals surface area (Å²) in [6, 6.07) is 15.0. The van der Waals surface area contributed by atoms with E-state index in [0.29, 0.717) is 11.3 Å². The number of hydrogen-bond acceptors (Lipinski definition) is 5. The molecular formula is C21H19NO6. The minimum absolute atomic E-state index is 0.0508. The van der Waals surface area contributed by atoms with Gasteiger partial charge in [0.25, 0.3) is 5.91 Å². The van der Waals surface area contributed by atoms with Crippen molar-refractivity contribution in [2.24, 2.45) is 0 Å². The zero-order chi connectivity index (χ0) is 20.1. The summed E-state index contributed by atoms with van der Waals surface area (Å²) < 4.78 is 10.3. The third-order valence-electron chi connectivity index (χ3n) is 4.33. The number of nitrogens with one attached hydrogen (secondary N) is 1. The molecule has 3 aromatic rings. The number of rotatable bonds is 7. The molecule has 0 unspecified atom stereocenters. The number of carboxylic acids is 1. The fraction of sp³-hybridized carbons (Fsp3) is 0.190. The third-order valence-corrected chi connectivity index (χ3v) is 4.33. The van der Waals surface area contributed by atoms with E-state index in [1.54, 1.807) is 24.3 Å². The maximum absolute atomic E-state index is 12.3. The zero-order valence-electron chi connectivity index (χ0n) is 15.2. The van der Waals surface area contributed by atoms with Gasteiger partial charge in [-0.05, 0) is 30.7 Å². The number of amides is 1. The van der Waals surface area contributed by atoms with Gasteiger partial charge < -0.3 is 19.6 Å². The Balaban J connectivity index is 1.70. The number of fused-ring (bicyclic) bond motifs is 1. The van der Waals surface area contributed by atoms with Crippen LogP contribution < -0.4 is 5.32 Å². The SMILES string of the molecule is COC(=O)CC[C@H](NC(=O)c1ccc(-c2cc3ccccc3o2)cc1)C(=O)O. The number of aliphatic carboxylic acids is 1. The molecule has 7 heteroatoms. The Morgan fingerprint density at radius 1 is 1.11 bits per heavy atom. The van der Waals surface area contributed by atoms with Gasteiger partial charge >= 0.3 is 11.9 Å². The predicted molar refractivity (Wildman–Crippen MR) is 102 cm³/mol. The fourth-order valence-electron chi connectivity index (χ4n) is 2.77. The van der Waals surface area contributed by atoms with Crippen molar-refractivity contribution >= 4 is 28.8 Å². The molecule has 1 heterocycles. The molecule has 1 aromatic heterocycles. The molecular weight excluding hydrogens is 362 g/mol. The number of benzene rings is 2. The van der Waals surface area contributed by atoms with Crippen molar-refractivity contribution in [1.29, 1.82) is 0 Å². The van der Waals surface area contributed by atoms with Crippen LogP contribution in [0.25, 0.3) is 22.3 Å². The summed E-state index contributed by atoms with van der Waals surface area (Å²) in [6.07, 6.45) is -0.149. The van der Waals surface area contributed by atoms with Crippen molar-refractivity contribution in [3.63, 3.8) is 0 Å². The van der Waals surface area contributed by atoms with Crippen LogP contribution in [0.4, 0.5) is 0 Å². The van der Waals surface area contributed by atoms with Crippen molar-refractivity contribution in [3.05, 3.63) is 60.2 Å². The molecule has 0 fully saturated rings. The maximum Gasteiger partial charge on any atom is 0.326 e. The molecule has 144 valence electrons. The second kappa shape index (κ2) is 8.39. The summed E-state index contributed by atoms with van der Waals surface area (Å²) in [7, 11) is 1.22. The first-order valence-corrected chi connectivity index (χ1v) is 8.67. The van der Waals surface area contributed by atoms with Crippen LogP contribution >= 0.6 is 0 Å². The van der Waals surface area contributed by atoms with E-state index in [9.17, 15) is 19.5 Å². The maximum atomic E-state index is 12.3. The second-order valence-corrected chi connectivity index (χ2v) is 6.20. The van der Waals surface area contributed by atoms with E-state index >= 15 is 0 Å². The number of carbonyl (C=O) groups excluding carboxylic acids is 2. The monoisotopic (exact) mass is 381 g/mol. The number of furan rings is 1. The van der Waals surface area contributed by atoms with Gasteiger partial charge in [0.15, 0.2) is 0 Å². The molecule has 0 saturated carbocycles. The first kappa shape index (κ1) is 19.2. The molecule has 0 aliphatic carbocycles. The van der Waals surface area contributed by atoms with E-state index in [2.05, 4.69) is 10.1 Å². The molecule has 0 bridgehead atoms. The minimum Gasteiger partial charge on any atom is -0.480 e. The topological polar surface area (TPSA) is 106 Å². The molecule has 0 aliphatic heterocycles. The van der Waals surface area contributed by atoms with Crippen LogP contribution in [0.15, 0.2) is 59.0 Å². The average molecular weight is 381 g/mol. The smallest absolute Gasteiger partial charge is 0.326 e. The Hall–Kier alpha value is -3.61. The lowest BCUT2D eigenvalue weighted by molar-refractivity contribution is -0.142. The van der Waals surface area contributed by atoms with Gasteiger partial charge in [-0.2, -0.15) is 0 Å². The third kappa shape index (κ3) is 4.37. The lowest BCUT2D eigenvalue weighted by Crippen LogP contribution is -2.41. The van der Waals surface area contributed by atoms with Crippen LogP contribution in [0.1, 0.15) is 23.2 Å². The van der Waals surface area contributed by atoms with Crippen LogP contribution in [0.3, 0.4) is 0 Å². The highest BCUT2D eigenvalue weighted by molar-refractivity contribution is 5.97. The van der Waals surface area contributed by atoms with Gasteiger partial charge in [-0.25, -0.2) is 4.79 Å². The van der Waals surface area contributed by atoms with Gasteiger partial charge in [-0.15, -0.1) is 0 Å². The van der Waals surface area contributed by atoms with E-state index in [4.69, 9.17) is 4.42 Å². The van der Waals surface area contributed by atoms with Crippen LogP contribution in [0, 0.1) is 0 Å². The Labute approximate surface area is 160 Å². The highest BCUT2D eigenvalue weighted by Gasteiger charge is 2.22. The van der Waals surface area contributed by atoms with Crippen molar-refractivity contribution in [3.8, 4) is 11.3 Å². The van der Waals surface area contributed by atoms with Gasteiger partial charge in [-0.3, -0.25) is 9.59 Å².